The number of amides is 1. The van der Waals surface area contributed by atoms with Gasteiger partial charge in [0.15, 0.2) is 0 Å². The van der Waals surface area contributed by atoms with Crippen molar-refractivity contribution < 1.29 is 4.79 Å². The molecule has 1 aromatic rings. The Labute approximate surface area is 122 Å². The minimum atomic E-state index is 0.257. The van der Waals surface area contributed by atoms with Gasteiger partial charge in [0.25, 0.3) is 0 Å². The molecule has 1 aromatic carbocycles. The molecule has 0 spiro atoms. The van der Waals surface area contributed by atoms with E-state index < -0.39 is 0 Å². The molecule has 0 radical (unpaired) electrons. The quantitative estimate of drug-likeness (QED) is 0.631. The second-order valence-electron chi connectivity index (χ2n) is 5.66. The third-order valence-corrected chi connectivity index (χ3v) is 4.08. The Kier molecular flexibility index (Phi) is 5.45. The Morgan fingerprint density at radius 1 is 1.25 bits per heavy atom. The van der Waals surface area contributed by atoms with Crippen LogP contribution in [0.4, 0.5) is 11.4 Å². The summed E-state index contributed by atoms with van der Waals surface area (Å²) in [5, 5.41) is 0. The van der Waals surface area contributed by atoms with E-state index in [1.165, 1.54) is 19.3 Å². The molecule has 2 N–H and O–H groups in total. The molecular formula is C17H26N2O. The fourth-order valence-corrected chi connectivity index (χ4v) is 2.93. The monoisotopic (exact) mass is 274 g/mol. The van der Waals surface area contributed by atoms with Crippen LogP contribution in [0, 0.1) is 0 Å². The zero-order valence-electron chi connectivity index (χ0n) is 12.5. The van der Waals surface area contributed by atoms with Gasteiger partial charge in [0.2, 0.25) is 5.91 Å². The third-order valence-electron chi connectivity index (χ3n) is 4.08. The highest BCUT2D eigenvalue weighted by molar-refractivity contribution is 5.95. The number of nitrogen functional groups attached to an aromatic ring is 1. The van der Waals surface area contributed by atoms with Crippen LogP contribution in [0.1, 0.15) is 57.4 Å². The first-order valence-electron chi connectivity index (χ1n) is 7.91. The summed E-state index contributed by atoms with van der Waals surface area (Å²) in [6.07, 6.45) is 8.60. The minimum absolute atomic E-state index is 0.257. The van der Waals surface area contributed by atoms with Crippen LogP contribution in [0.25, 0.3) is 0 Å². The van der Waals surface area contributed by atoms with E-state index in [0.29, 0.717) is 6.42 Å². The van der Waals surface area contributed by atoms with E-state index in [0.717, 1.165) is 49.2 Å². The van der Waals surface area contributed by atoms with Gasteiger partial charge in [0.05, 0.1) is 0 Å². The zero-order valence-corrected chi connectivity index (χ0v) is 12.5. The van der Waals surface area contributed by atoms with E-state index in [9.17, 15) is 4.79 Å². The summed E-state index contributed by atoms with van der Waals surface area (Å²) >= 11 is 0. The zero-order chi connectivity index (χ0) is 14.4. The number of nitrogens with two attached hydrogens (primary N) is 1. The number of nitrogens with zero attached hydrogens (tertiary/aromatic N) is 1. The van der Waals surface area contributed by atoms with Crippen molar-refractivity contribution in [3.63, 3.8) is 0 Å². The molecule has 3 nitrogen and oxygen atoms in total. The first-order chi connectivity index (χ1) is 9.74. The lowest BCUT2D eigenvalue weighted by molar-refractivity contribution is -0.118. The summed E-state index contributed by atoms with van der Waals surface area (Å²) in [6, 6.07) is 5.90. The van der Waals surface area contributed by atoms with Crippen LogP contribution >= 0.6 is 0 Å². The summed E-state index contributed by atoms with van der Waals surface area (Å²) < 4.78 is 0. The predicted octanol–water partition coefficient (Wildman–Crippen LogP) is 3.91. The number of rotatable bonds is 6. The maximum absolute atomic E-state index is 12.4. The standard InChI is InChI=1S/C17H26N2O/c1-2-3-4-5-6-12-17(20)19-13-8-9-14-15(18)10-7-11-16(14)19/h7,10-11H,2-6,8-9,12-13,18H2,1H3. The van der Waals surface area contributed by atoms with Crippen molar-refractivity contribution in [3.05, 3.63) is 23.8 Å². The highest BCUT2D eigenvalue weighted by atomic mass is 16.2. The Balaban J connectivity index is 1.93. The molecule has 3 heteroatoms. The first kappa shape index (κ1) is 14.9. The number of fused-ring (bicyclic) bond motifs is 1. The lowest BCUT2D eigenvalue weighted by atomic mass is 9.99. The van der Waals surface area contributed by atoms with E-state index in [2.05, 4.69) is 6.92 Å². The summed E-state index contributed by atoms with van der Waals surface area (Å²) in [6.45, 7) is 3.05. The molecular weight excluding hydrogens is 248 g/mol. The van der Waals surface area contributed by atoms with E-state index in [-0.39, 0.29) is 5.91 Å². The second-order valence-corrected chi connectivity index (χ2v) is 5.66. The fraction of sp³-hybridized carbons (Fsp3) is 0.588. The number of carbonyl (C=O) groups excluding carboxylic acids is 1. The molecule has 0 bridgehead atoms. The molecule has 0 aromatic heterocycles. The van der Waals surface area contributed by atoms with E-state index in [1.54, 1.807) is 0 Å². The van der Waals surface area contributed by atoms with Gasteiger partial charge in [-0.25, -0.2) is 0 Å². The van der Waals surface area contributed by atoms with Crippen LogP contribution < -0.4 is 10.6 Å². The number of unbranched alkanes of at least 4 members (excludes halogenated alkanes) is 4. The maximum atomic E-state index is 12.4. The molecule has 0 unspecified atom stereocenters. The minimum Gasteiger partial charge on any atom is -0.398 e. The third kappa shape index (κ3) is 3.53. The van der Waals surface area contributed by atoms with Crippen molar-refractivity contribution >= 4 is 17.3 Å². The van der Waals surface area contributed by atoms with Crippen LogP contribution in [-0.4, -0.2) is 12.5 Å². The fourth-order valence-electron chi connectivity index (χ4n) is 2.93. The van der Waals surface area contributed by atoms with Crippen molar-refractivity contribution in [3.8, 4) is 0 Å². The summed E-state index contributed by atoms with van der Waals surface area (Å²) in [7, 11) is 0. The summed E-state index contributed by atoms with van der Waals surface area (Å²) in [4.78, 5) is 14.3. The smallest absolute Gasteiger partial charge is 0.226 e. The van der Waals surface area contributed by atoms with Crippen LogP contribution in [-0.2, 0) is 11.2 Å². The maximum Gasteiger partial charge on any atom is 0.226 e. The van der Waals surface area contributed by atoms with Gasteiger partial charge in [-0.1, -0.05) is 38.7 Å². The van der Waals surface area contributed by atoms with E-state index in [1.807, 2.05) is 23.1 Å². The predicted molar refractivity (Wildman–Crippen MR) is 84.9 cm³/mol. The Morgan fingerprint density at radius 3 is 2.85 bits per heavy atom. The molecule has 0 saturated heterocycles. The number of anilines is 2. The molecule has 1 amide bonds. The number of hydrogen-bond donors (Lipinski definition) is 1. The largest absolute Gasteiger partial charge is 0.398 e. The van der Waals surface area contributed by atoms with Gasteiger partial charge in [-0.2, -0.15) is 0 Å². The van der Waals surface area contributed by atoms with Crippen molar-refractivity contribution in [2.24, 2.45) is 0 Å². The topological polar surface area (TPSA) is 46.3 Å². The summed E-state index contributed by atoms with van der Waals surface area (Å²) in [5.41, 5.74) is 9.03. The number of benzene rings is 1. The van der Waals surface area contributed by atoms with Crippen molar-refractivity contribution in [2.45, 2.75) is 58.3 Å². The summed E-state index contributed by atoms with van der Waals surface area (Å²) in [5.74, 6) is 0.257. The van der Waals surface area contributed by atoms with Crippen LogP contribution in [0.3, 0.4) is 0 Å². The normalized spacial score (nSPS) is 14.2. The van der Waals surface area contributed by atoms with Gasteiger partial charge in [-0.05, 0) is 37.0 Å². The van der Waals surface area contributed by atoms with Gasteiger partial charge >= 0.3 is 0 Å². The Morgan fingerprint density at radius 2 is 2.05 bits per heavy atom. The van der Waals surface area contributed by atoms with E-state index in [4.69, 9.17) is 5.73 Å². The van der Waals surface area contributed by atoms with Crippen molar-refractivity contribution in [1.82, 2.24) is 0 Å². The Hall–Kier alpha value is -1.51. The Bertz CT molecular complexity index is 456. The molecule has 110 valence electrons. The molecule has 1 heterocycles. The highest BCUT2D eigenvalue weighted by Crippen LogP contribution is 2.31. The highest BCUT2D eigenvalue weighted by Gasteiger charge is 2.22. The average molecular weight is 274 g/mol. The SMILES string of the molecule is CCCCCCCC(=O)N1CCCc2c(N)cccc21. The van der Waals surface area contributed by atoms with Crippen molar-refractivity contribution in [2.75, 3.05) is 17.2 Å². The van der Waals surface area contributed by atoms with Gasteiger partial charge in [-0.15, -0.1) is 0 Å². The lowest BCUT2D eigenvalue weighted by Gasteiger charge is -2.30. The van der Waals surface area contributed by atoms with Crippen LogP contribution in [0.5, 0.6) is 0 Å². The molecule has 0 fully saturated rings. The number of hydrogen-bond acceptors (Lipinski definition) is 2. The van der Waals surface area contributed by atoms with E-state index >= 15 is 0 Å². The van der Waals surface area contributed by atoms with Gasteiger partial charge in [-0.3, -0.25) is 4.79 Å². The molecule has 1 aliphatic heterocycles. The lowest BCUT2D eigenvalue weighted by Crippen LogP contribution is -2.35. The molecule has 1 aliphatic rings. The van der Waals surface area contributed by atoms with Crippen molar-refractivity contribution in [1.29, 1.82) is 0 Å². The van der Waals surface area contributed by atoms with Gasteiger partial charge in [0.1, 0.15) is 0 Å². The van der Waals surface area contributed by atoms with Gasteiger partial charge < -0.3 is 10.6 Å². The molecule has 0 aliphatic carbocycles. The van der Waals surface area contributed by atoms with Crippen LogP contribution in [0.2, 0.25) is 0 Å². The molecule has 0 atom stereocenters. The molecule has 20 heavy (non-hydrogen) atoms. The molecule has 0 saturated carbocycles. The number of carbonyl (C=O) groups is 1. The van der Waals surface area contributed by atoms with Gasteiger partial charge in [0, 0.05) is 24.3 Å². The molecule has 2 rings (SSSR count). The first-order valence-corrected chi connectivity index (χ1v) is 7.91. The average Bonchev–Trinajstić information content (AvgIpc) is 2.47. The van der Waals surface area contributed by atoms with Crippen LogP contribution in [0.15, 0.2) is 18.2 Å². The second kappa shape index (κ2) is 7.32.